The summed E-state index contributed by atoms with van der Waals surface area (Å²) in [6, 6.07) is 1.95. The second-order valence-electron chi connectivity index (χ2n) is 3.35. The van der Waals surface area contributed by atoms with E-state index in [1.165, 1.54) is 18.4 Å². The summed E-state index contributed by atoms with van der Waals surface area (Å²) in [5.74, 6) is 1.91. The molecule has 76 valence electrons. The lowest BCUT2D eigenvalue weighted by molar-refractivity contribution is 0.0589. The largest absolute Gasteiger partial charge is 0.464 e. The van der Waals surface area contributed by atoms with Crippen molar-refractivity contribution in [3.05, 3.63) is 23.0 Å². The van der Waals surface area contributed by atoms with Crippen LogP contribution in [-0.4, -0.2) is 23.4 Å². The number of methoxy groups -OCH3 is 1. The lowest BCUT2D eigenvalue weighted by Crippen LogP contribution is -2.11. The molecule has 2 rings (SSSR count). The quantitative estimate of drug-likeness (QED) is 0.661. The van der Waals surface area contributed by atoms with Gasteiger partial charge in [0.2, 0.25) is 0 Å². The molecule has 1 aromatic rings. The highest BCUT2D eigenvalue weighted by Crippen LogP contribution is 2.27. The van der Waals surface area contributed by atoms with Crippen LogP contribution in [0.4, 0.5) is 0 Å². The van der Waals surface area contributed by atoms with E-state index >= 15 is 0 Å². The van der Waals surface area contributed by atoms with Gasteiger partial charge in [0.25, 0.3) is 0 Å². The van der Waals surface area contributed by atoms with Crippen LogP contribution in [0.5, 0.6) is 0 Å². The van der Waals surface area contributed by atoms with Gasteiger partial charge in [-0.3, -0.25) is 0 Å². The number of esters is 1. The molecule has 14 heavy (non-hydrogen) atoms. The van der Waals surface area contributed by atoms with Gasteiger partial charge < -0.3 is 9.30 Å². The maximum Gasteiger partial charge on any atom is 0.354 e. The van der Waals surface area contributed by atoms with Crippen molar-refractivity contribution in [2.24, 2.45) is 7.05 Å². The molecule has 4 heteroatoms. The number of carbonyl (C=O) groups excluding carboxylic acids is 1. The van der Waals surface area contributed by atoms with Gasteiger partial charge in [0.1, 0.15) is 5.69 Å². The van der Waals surface area contributed by atoms with Crippen LogP contribution in [0.3, 0.4) is 0 Å². The molecule has 0 atom stereocenters. The summed E-state index contributed by atoms with van der Waals surface area (Å²) in [6.07, 6.45) is 1.05. The van der Waals surface area contributed by atoms with E-state index < -0.39 is 0 Å². The normalized spacial score (nSPS) is 15.0. The smallest absolute Gasteiger partial charge is 0.354 e. The van der Waals surface area contributed by atoms with Gasteiger partial charge in [0, 0.05) is 18.5 Å². The maximum atomic E-state index is 11.4. The molecule has 0 saturated heterocycles. The summed E-state index contributed by atoms with van der Waals surface area (Å²) in [7, 11) is 3.35. The van der Waals surface area contributed by atoms with Gasteiger partial charge in [-0.1, -0.05) is 0 Å². The topological polar surface area (TPSA) is 31.2 Å². The van der Waals surface area contributed by atoms with Crippen LogP contribution in [0.25, 0.3) is 0 Å². The Hall–Kier alpha value is -0.900. The Morgan fingerprint density at radius 1 is 1.64 bits per heavy atom. The van der Waals surface area contributed by atoms with Crippen LogP contribution in [0, 0.1) is 0 Å². The van der Waals surface area contributed by atoms with Crippen LogP contribution >= 0.6 is 11.8 Å². The number of ether oxygens (including phenoxy) is 1. The standard InChI is InChI=1S/C10H13NO2S/c1-11-8-3-4-14-6-7(8)5-9(11)10(12)13-2/h5H,3-4,6H2,1-2H3. The van der Waals surface area contributed by atoms with Gasteiger partial charge in [-0.15, -0.1) is 0 Å². The molecule has 1 aliphatic heterocycles. The first-order chi connectivity index (χ1) is 6.74. The molecule has 0 aliphatic carbocycles. The van der Waals surface area contributed by atoms with Crippen LogP contribution in [-0.2, 0) is 24.0 Å². The van der Waals surface area contributed by atoms with Crippen molar-refractivity contribution in [1.29, 1.82) is 0 Å². The van der Waals surface area contributed by atoms with Crippen LogP contribution in [0.2, 0.25) is 0 Å². The van der Waals surface area contributed by atoms with Gasteiger partial charge in [-0.2, -0.15) is 11.8 Å². The molecule has 0 aromatic carbocycles. The van der Waals surface area contributed by atoms with Gasteiger partial charge in [0.05, 0.1) is 7.11 Å². The van der Waals surface area contributed by atoms with E-state index in [-0.39, 0.29) is 5.97 Å². The SMILES string of the molecule is COC(=O)c1cc2c(n1C)CCSC2. The van der Waals surface area contributed by atoms with Gasteiger partial charge >= 0.3 is 5.97 Å². The number of hydrogen-bond acceptors (Lipinski definition) is 3. The number of rotatable bonds is 1. The van der Waals surface area contributed by atoms with E-state index in [9.17, 15) is 4.79 Å². The van der Waals surface area contributed by atoms with Crippen molar-refractivity contribution in [2.75, 3.05) is 12.9 Å². The third kappa shape index (κ3) is 1.43. The summed E-state index contributed by atoms with van der Waals surface area (Å²) < 4.78 is 6.69. The first-order valence-corrected chi connectivity index (χ1v) is 5.73. The maximum absolute atomic E-state index is 11.4. The summed E-state index contributed by atoms with van der Waals surface area (Å²) in [6.45, 7) is 0. The molecule has 0 spiro atoms. The minimum atomic E-state index is -0.244. The first-order valence-electron chi connectivity index (χ1n) is 4.57. The highest BCUT2D eigenvalue weighted by atomic mass is 32.2. The predicted octanol–water partition coefficient (Wildman–Crippen LogP) is 1.60. The highest BCUT2D eigenvalue weighted by Gasteiger charge is 2.20. The number of fused-ring (bicyclic) bond motifs is 1. The minimum Gasteiger partial charge on any atom is -0.464 e. The van der Waals surface area contributed by atoms with Crippen LogP contribution in [0.1, 0.15) is 21.7 Å². The Bertz CT molecular complexity index is 370. The zero-order chi connectivity index (χ0) is 10.1. The zero-order valence-electron chi connectivity index (χ0n) is 8.37. The molecule has 1 aliphatic rings. The molecule has 0 amide bonds. The summed E-state index contributed by atoms with van der Waals surface area (Å²) in [5.41, 5.74) is 3.23. The number of hydrogen-bond donors (Lipinski definition) is 0. The highest BCUT2D eigenvalue weighted by molar-refractivity contribution is 7.98. The average Bonchev–Trinajstić information content (AvgIpc) is 2.56. The van der Waals surface area contributed by atoms with Gasteiger partial charge in [-0.25, -0.2) is 4.79 Å². The molecule has 0 fully saturated rings. The monoisotopic (exact) mass is 211 g/mol. The average molecular weight is 211 g/mol. The van der Waals surface area contributed by atoms with E-state index in [0.717, 1.165) is 17.9 Å². The van der Waals surface area contributed by atoms with Gasteiger partial charge in [-0.05, 0) is 23.8 Å². The molecular formula is C10H13NO2S. The number of aromatic nitrogens is 1. The Kier molecular flexibility index (Phi) is 2.54. The Morgan fingerprint density at radius 3 is 3.07 bits per heavy atom. The van der Waals surface area contributed by atoms with Crippen molar-refractivity contribution in [3.8, 4) is 0 Å². The lowest BCUT2D eigenvalue weighted by atomic mass is 10.2. The molecular weight excluding hydrogens is 198 g/mol. The van der Waals surface area contributed by atoms with E-state index in [1.54, 1.807) is 0 Å². The second-order valence-corrected chi connectivity index (χ2v) is 4.46. The third-order valence-corrected chi connectivity index (χ3v) is 3.59. The Balaban J connectivity index is 2.43. The predicted molar refractivity (Wildman–Crippen MR) is 56.6 cm³/mol. The summed E-state index contributed by atoms with van der Waals surface area (Å²) >= 11 is 1.91. The number of thioether (sulfide) groups is 1. The lowest BCUT2D eigenvalue weighted by Gasteiger charge is -2.12. The van der Waals surface area contributed by atoms with Crippen molar-refractivity contribution in [1.82, 2.24) is 4.57 Å². The molecule has 0 bridgehead atoms. The fourth-order valence-corrected chi connectivity index (χ4v) is 2.76. The summed E-state index contributed by atoms with van der Waals surface area (Å²) in [4.78, 5) is 11.4. The molecule has 0 radical (unpaired) electrons. The van der Waals surface area contributed by atoms with Crippen molar-refractivity contribution >= 4 is 17.7 Å². The number of carbonyl (C=O) groups is 1. The van der Waals surface area contributed by atoms with Crippen LogP contribution in [0.15, 0.2) is 6.07 Å². The zero-order valence-corrected chi connectivity index (χ0v) is 9.19. The van der Waals surface area contributed by atoms with Crippen molar-refractivity contribution in [2.45, 2.75) is 12.2 Å². The van der Waals surface area contributed by atoms with E-state index in [1.807, 2.05) is 29.4 Å². The Labute approximate surface area is 87.4 Å². The first kappa shape index (κ1) is 9.65. The molecule has 2 heterocycles. The summed E-state index contributed by atoms with van der Waals surface area (Å²) in [5, 5.41) is 0. The third-order valence-electron chi connectivity index (χ3n) is 2.58. The fraction of sp³-hybridized carbons (Fsp3) is 0.500. The Morgan fingerprint density at radius 2 is 2.43 bits per heavy atom. The molecule has 0 N–H and O–H groups in total. The number of nitrogens with zero attached hydrogens (tertiary/aromatic N) is 1. The van der Waals surface area contributed by atoms with E-state index in [2.05, 4.69) is 0 Å². The van der Waals surface area contributed by atoms with Crippen molar-refractivity contribution in [3.63, 3.8) is 0 Å². The molecule has 0 unspecified atom stereocenters. The van der Waals surface area contributed by atoms with E-state index in [4.69, 9.17) is 4.74 Å². The second kappa shape index (κ2) is 3.69. The van der Waals surface area contributed by atoms with E-state index in [0.29, 0.717) is 5.69 Å². The fourth-order valence-electron chi connectivity index (χ4n) is 1.81. The van der Waals surface area contributed by atoms with Crippen LogP contribution < -0.4 is 0 Å². The molecule has 1 aromatic heterocycles. The van der Waals surface area contributed by atoms with Gasteiger partial charge in [0.15, 0.2) is 0 Å². The minimum absolute atomic E-state index is 0.244. The molecule has 3 nitrogen and oxygen atoms in total. The molecule has 0 saturated carbocycles. The van der Waals surface area contributed by atoms with Crippen molar-refractivity contribution < 1.29 is 9.53 Å².